The molecule has 0 saturated carbocycles. The third-order valence-electron chi connectivity index (χ3n) is 1.58. The summed E-state index contributed by atoms with van der Waals surface area (Å²) in [6.07, 6.45) is -4.40. The fourth-order valence-electron chi connectivity index (χ4n) is 0.957. The molecule has 3 nitrogen and oxygen atoms in total. The highest BCUT2D eigenvalue weighted by Gasteiger charge is 2.27. The van der Waals surface area contributed by atoms with Gasteiger partial charge >= 0.3 is 6.18 Å². The lowest BCUT2D eigenvalue weighted by Gasteiger charge is -2.07. The van der Waals surface area contributed by atoms with Gasteiger partial charge in [-0.2, -0.15) is 13.2 Å². The molecule has 0 bridgehead atoms. The Morgan fingerprint density at radius 1 is 1.38 bits per heavy atom. The molecule has 0 aromatic heterocycles. The van der Waals surface area contributed by atoms with E-state index in [-0.39, 0.29) is 0 Å². The van der Waals surface area contributed by atoms with Crippen LogP contribution < -0.4 is 5.73 Å². The van der Waals surface area contributed by atoms with Crippen molar-refractivity contribution in [3.8, 4) is 0 Å². The maximum atomic E-state index is 11.7. The second kappa shape index (κ2) is 5.31. The van der Waals surface area contributed by atoms with Gasteiger partial charge in [0.25, 0.3) is 0 Å². The first-order valence-electron chi connectivity index (χ1n) is 4.27. The zero-order valence-corrected chi connectivity index (χ0v) is 8.98. The van der Waals surface area contributed by atoms with Crippen LogP contribution in [-0.4, -0.2) is 22.9 Å². The van der Waals surface area contributed by atoms with Gasteiger partial charge in [0, 0.05) is 10.6 Å². The van der Waals surface area contributed by atoms with E-state index >= 15 is 0 Å². The molecule has 2 N–H and O–H groups in total. The summed E-state index contributed by atoms with van der Waals surface area (Å²) in [4.78, 5) is 0.349. The minimum Gasteiger partial charge on any atom is -0.399 e. The minimum atomic E-state index is -4.40. The molecule has 1 unspecified atom stereocenters. The average molecular weight is 253 g/mol. The van der Waals surface area contributed by atoms with E-state index in [9.17, 15) is 17.4 Å². The molecular formula is C9H10F3NO2S. The molecule has 0 fully saturated rings. The Labute approximate surface area is 92.9 Å². The Morgan fingerprint density at radius 2 is 2.06 bits per heavy atom. The Morgan fingerprint density at radius 3 is 2.62 bits per heavy atom. The van der Waals surface area contributed by atoms with Crippen LogP contribution in [0, 0.1) is 0 Å². The molecule has 0 aliphatic rings. The Bertz CT molecular complexity index is 381. The number of rotatable bonds is 4. The first-order chi connectivity index (χ1) is 7.38. The minimum absolute atomic E-state index is 0.349. The first kappa shape index (κ1) is 13.0. The molecule has 16 heavy (non-hydrogen) atoms. The van der Waals surface area contributed by atoms with Crippen LogP contribution in [0.2, 0.25) is 0 Å². The molecule has 0 spiro atoms. The van der Waals surface area contributed by atoms with Crippen LogP contribution in [0.25, 0.3) is 0 Å². The van der Waals surface area contributed by atoms with Crippen molar-refractivity contribution in [1.29, 1.82) is 0 Å². The zero-order chi connectivity index (χ0) is 12.2. The number of benzene rings is 1. The molecule has 90 valence electrons. The van der Waals surface area contributed by atoms with Gasteiger partial charge in [-0.1, -0.05) is 6.07 Å². The fraction of sp³-hybridized carbons (Fsp3) is 0.333. The number of nitrogen functional groups attached to an aromatic ring is 1. The number of alkyl halides is 3. The third kappa shape index (κ3) is 4.63. The largest absolute Gasteiger partial charge is 0.411 e. The van der Waals surface area contributed by atoms with E-state index in [1.54, 1.807) is 12.1 Å². The second-order valence-corrected chi connectivity index (χ2v) is 4.40. The van der Waals surface area contributed by atoms with Crippen molar-refractivity contribution in [1.82, 2.24) is 0 Å². The molecule has 1 aromatic rings. The molecule has 0 radical (unpaired) electrons. The van der Waals surface area contributed by atoms with Gasteiger partial charge in [-0.25, -0.2) is 0 Å². The standard InChI is InChI=1S/C9H10F3NO2S/c10-9(11,12)5-15-6-16(14)8-3-1-2-7(13)4-8/h1-4H,5-6,13H2. The molecule has 1 rings (SSSR count). The van der Waals surface area contributed by atoms with Crippen molar-refractivity contribution in [2.24, 2.45) is 0 Å². The highest BCUT2D eigenvalue weighted by molar-refractivity contribution is 7.84. The van der Waals surface area contributed by atoms with Gasteiger partial charge in [0.1, 0.15) is 12.5 Å². The lowest BCUT2D eigenvalue weighted by atomic mass is 10.3. The Kier molecular flexibility index (Phi) is 4.31. The highest BCUT2D eigenvalue weighted by Crippen LogP contribution is 2.16. The summed E-state index contributed by atoms with van der Waals surface area (Å²) in [5.74, 6) is -0.497. The van der Waals surface area contributed by atoms with E-state index < -0.39 is 29.5 Å². The lowest BCUT2D eigenvalue weighted by Crippen LogP contribution is -2.18. The van der Waals surface area contributed by atoms with Crippen LogP contribution in [0.4, 0.5) is 18.9 Å². The van der Waals surface area contributed by atoms with Gasteiger partial charge < -0.3 is 10.5 Å². The van der Waals surface area contributed by atoms with Crippen molar-refractivity contribution < 1.29 is 22.1 Å². The molecule has 1 atom stereocenters. The van der Waals surface area contributed by atoms with Crippen molar-refractivity contribution in [3.05, 3.63) is 24.3 Å². The van der Waals surface area contributed by atoms with Gasteiger partial charge in [-0.15, -0.1) is 0 Å². The quantitative estimate of drug-likeness (QED) is 0.834. The normalized spacial score (nSPS) is 13.7. The van der Waals surface area contributed by atoms with Crippen LogP contribution >= 0.6 is 0 Å². The van der Waals surface area contributed by atoms with E-state index in [2.05, 4.69) is 4.74 Å². The Balaban J connectivity index is 2.47. The summed E-state index contributed by atoms with van der Waals surface area (Å²) in [6.45, 7) is -1.40. The van der Waals surface area contributed by atoms with Crippen LogP contribution in [0.3, 0.4) is 0 Å². The number of anilines is 1. The monoisotopic (exact) mass is 253 g/mol. The summed E-state index contributed by atoms with van der Waals surface area (Å²) in [7, 11) is -1.63. The molecule has 0 heterocycles. The SMILES string of the molecule is Nc1cccc(S(=O)COCC(F)(F)F)c1. The van der Waals surface area contributed by atoms with E-state index in [4.69, 9.17) is 5.73 Å². The van der Waals surface area contributed by atoms with Crippen molar-refractivity contribution in [2.75, 3.05) is 18.3 Å². The van der Waals surface area contributed by atoms with Gasteiger partial charge in [0.2, 0.25) is 0 Å². The maximum absolute atomic E-state index is 11.7. The molecule has 0 amide bonds. The van der Waals surface area contributed by atoms with E-state index in [1.165, 1.54) is 12.1 Å². The van der Waals surface area contributed by atoms with Crippen LogP contribution in [-0.2, 0) is 15.5 Å². The highest BCUT2D eigenvalue weighted by atomic mass is 32.2. The van der Waals surface area contributed by atoms with Crippen molar-refractivity contribution in [3.63, 3.8) is 0 Å². The number of hydrogen-bond donors (Lipinski definition) is 1. The average Bonchev–Trinajstić information content (AvgIpc) is 2.15. The molecule has 0 aliphatic heterocycles. The van der Waals surface area contributed by atoms with Crippen LogP contribution in [0.5, 0.6) is 0 Å². The van der Waals surface area contributed by atoms with Crippen LogP contribution in [0.1, 0.15) is 0 Å². The predicted molar refractivity (Wildman–Crippen MR) is 54.1 cm³/mol. The number of halogens is 3. The second-order valence-electron chi connectivity index (χ2n) is 3.00. The lowest BCUT2D eigenvalue weighted by molar-refractivity contribution is -0.169. The van der Waals surface area contributed by atoms with Gasteiger partial charge in [0.05, 0.1) is 10.8 Å². The first-order valence-corrected chi connectivity index (χ1v) is 5.59. The van der Waals surface area contributed by atoms with Gasteiger partial charge in [-0.3, -0.25) is 4.21 Å². The molecule has 7 heteroatoms. The zero-order valence-electron chi connectivity index (χ0n) is 8.16. The van der Waals surface area contributed by atoms with Gasteiger partial charge in [0.15, 0.2) is 0 Å². The topological polar surface area (TPSA) is 52.3 Å². The summed E-state index contributed by atoms with van der Waals surface area (Å²) in [5.41, 5.74) is 5.84. The molecule has 1 aromatic carbocycles. The molecular weight excluding hydrogens is 243 g/mol. The predicted octanol–water partition coefficient (Wildman–Crippen LogP) is 1.91. The van der Waals surface area contributed by atoms with Crippen LogP contribution in [0.15, 0.2) is 29.2 Å². The van der Waals surface area contributed by atoms with Gasteiger partial charge in [-0.05, 0) is 18.2 Å². The molecule has 0 saturated heterocycles. The van der Waals surface area contributed by atoms with E-state index in [1.807, 2.05) is 0 Å². The fourth-order valence-corrected chi connectivity index (χ4v) is 1.83. The van der Waals surface area contributed by atoms with Crippen molar-refractivity contribution in [2.45, 2.75) is 11.1 Å². The maximum Gasteiger partial charge on any atom is 0.411 e. The molecule has 0 aliphatic carbocycles. The summed E-state index contributed by atoms with van der Waals surface area (Å²) in [6, 6.07) is 6.13. The third-order valence-corrected chi connectivity index (χ3v) is 2.74. The Hall–Kier alpha value is -1.08. The summed E-state index contributed by atoms with van der Waals surface area (Å²) >= 11 is 0. The number of nitrogens with two attached hydrogens (primary N) is 1. The summed E-state index contributed by atoms with van der Waals surface area (Å²) in [5, 5.41) is 0. The number of ether oxygens (including phenoxy) is 1. The number of hydrogen-bond acceptors (Lipinski definition) is 3. The summed E-state index contributed by atoms with van der Waals surface area (Å²) < 4.78 is 50.9. The smallest absolute Gasteiger partial charge is 0.399 e. The van der Waals surface area contributed by atoms with E-state index in [0.717, 1.165) is 0 Å². The van der Waals surface area contributed by atoms with E-state index in [0.29, 0.717) is 10.6 Å². The van der Waals surface area contributed by atoms with Crippen molar-refractivity contribution >= 4 is 16.5 Å².